The lowest BCUT2D eigenvalue weighted by molar-refractivity contribution is 0.0167. The molecule has 0 spiro atoms. The van der Waals surface area contributed by atoms with E-state index < -0.39 is 0 Å². The second kappa shape index (κ2) is 5.89. The molecular weight excluding hydrogens is 188 g/mol. The second-order valence-electron chi connectivity index (χ2n) is 3.82. The molecule has 84 valence electrons. The van der Waals surface area contributed by atoms with Gasteiger partial charge >= 0.3 is 0 Å². The molecule has 1 aromatic carbocycles. The molecule has 1 rings (SSSR count). The van der Waals surface area contributed by atoms with Gasteiger partial charge in [0.1, 0.15) is 0 Å². The van der Waals surface area contributed by atoms with Crippen molar-refractivity contribution in [2.24, 2.45) is 0 Å². The van der Waals surface area contributed by atoms with Crippen molar-refractivity contribution in [2.45, 2.75) is 32.0 Å². The van der Waals surface area contributed by atoms with Crippen LogP contribution in [0, 0.1) is 0 Å². The fourth-order valence-corrected chi connectivity index (χ4v) is 1.89. The van der Waals surface area contributed by atoms with Gasteiger partial charge in [0.25, 0.3) is 0 Å². The van der Waals surface area contributed by atoms with E-state index in [1.165, 1.54) is 5.56 Å². The maximum Gasteiger partial charge on any atom is 0.0636 e. The number of rotatable bonds is 5. The van der Waals surface area contributed by atoms with Crippen LogP contribution in [0.2, 0.25) is 0 Å². The molecule has 15 heavy (non-hydrogen) atoms. The third-order valence-corrected chi connectivity index (χ3v) is 2.94. The topological polar surface area (TPSA) is 18.5 Å². The molecule has 2 atom stereocenters. The van der Waals surface area contributed by atoms with Gasteiger partial charge in [-0.25, -0.2) is 0 Å². The van der Waals surface area contributed by atoms with Crippen molar-refractivity contribution < 1.29 is 9.47 Å². The van der Waals surface area contributed by atoms with E-state index in [2.05, 4.69) is 26.0 Å². The average molecular weight is 208 g/mol. The first-order chi connectivity index (χ1) is 7.20. The van der Waals surface area contributed by atoms with E-state index in [0.29, 0.717) is 0 Å². The molecule has 0 aromatic heterocycles. The minimum absolute atomic E-state index is 0.155. The van der Waals surface area contributed by atoms with Crippen LogP contribution in [0.25, 0.3) is 0 Å². The highest BCUT2D eigenvalue weighted by molar-refractivity contribution is 5.21. The van der Waals surface area contributed by atoms with E-state index in [1.54, 1.807) is 14.2 Å². The molecule has 0 unspecified atom stereocenters. The van der Waals surface area contributed by atoms with Crippen LogP contribution in [0.3, 0.4) is 0 Å². The third kappa shape index (κ3) is 3.05. The normalized spacial score (nSPS) is 15.3. The molecule has 0 N–H and O–H groups in total. The van der Waals surface area contributed by atoms with Gasteiger partial charge < -0.3 is 9.47 Å². The van der Waals surface area contributed by atoms with Crippen molar-refractivity contribution in [2.75, 3.05) is 14.2 Å². The van der Waals surface area contributed by atoms with Crippen LogP contribution in [0.15, 0.2) is 30.3 Å². The van der Waals surface area contributed by atoms with E-state index in [-0.39, 0.29) is 18.1 Å². The first-order valence-corrected chi connectivity index (χ1v) is 5.31. The predicted octanol–water partition coefficient (Wildman–Crippen LogP) is 2.84. The largest absolute Gasteiger partial charge is 0.381 e. The number of methoxy groups -OCH3 is 2. The lowest BCUT2D eigenvalue weighted by Crippen LogP contribution is -2.28. The summed E-state index contributed by atoms with van der Waals surface area (Å²) in [5, 5.41) is 0. The molecule has 0 aliphatic rings. The Labute approximate surface area is 92.2 Å². The zero-order chi connectivity index (χ0) is 11.3. The Hall–Kier alpha value is -0.860. The number of benzene rings is 1. The number of hydrogen-bond acceptors (Lipinski definition) is 2. The van der Waals surface area contributed by atoms with E-state index >= 15 is 0 Å². The Morgan fingerprint density at radius 2 is 1.33 bits per heavy atom. The zero-order valence-corrected chi connectivity index (χ0v) is 9.94. The van der Waals surface area contributed by atoms with Gasteiger partial charge in [-0.15, -0.1) is 0 Å². The second-order valence-corrected chi connectivity index (χ2v) is 3.82. The Kier molecular flexibility index (Phi) is 4.79. The van der Waals surface area contributed by atoms with Crippen LogP contribution in [0.4, 0.5) is 0 Å². The highest BCUT2D eigenvalue weighted by atomic mass is 16.5. The first-order valence-electron chi connectivity index (χ1n) is 5.31. The molecule has 0 radical (unpaired) electrons. The van der Waals surface area contributed by atoms with Gasteiger partial charge in [-0.2, -0.15) is 0 Å². The van der Waals surface area contributed by atoms with Gasteiger partial charge in [0.05, 0.1) is 12.2 Å². The van der Waals surface area contributed by atoms with Crippen molar-refractivity contribution >= 4 is 0 Å². The minimum Gasteiger partial charge on any atom is -0.381 e. The van der Waals surface area contributed by atoms with Gasteiger partial charge in [0, 0.05) is 20.1 Å². The van der Waals surface area contributed by atoms with Crippen molar-refractivity contribution in [3.05, 3.63) is 35.9 Å². The van der Waals surface area contributed by atoms with Gasteiger partial charge in [-0.05, 0) is 19.4 Å². The van der Waals surface area contributed by atoms with Gasteiger partial charge in [0.2, 0.25) is 0 Å². The molecule has 0 amide bonds. The molecule has 0 fully saturated rings. The fraction of sp³-hybridized carbons (Fsp3) is 0.538. The summed E-state index contributed by atoms with van der Waals surface area (Å²) >= 11 is 0. The summed E-state index contributed by atoms with van der Waals surface area (Å²) in [5.74, 6) is 0.279. The predicted molar refractivity (Wildman–Crippen MR) is 62.1 cm³/mol. The maximum absolute atomic E-state index is 5.41. The van der Waals surface area contributed by atoms with Crippen molar-refractivity contribution in [3.63, 3.8) is 0 Å². The summed E-state index contributed by atoms with van der Waals surface area (Å²) in [6, 6.07) is 10.4. The molecule has 0 saturated carbocycles. The average Bonchev–Trinajstić information content (AvgIpc) is 2.30. The van der Waals surface area contributed by atoms with E-state index in [4.69, 9.17) is 9.47 Å². The molecule has 0 saturated heterocycles. The van der Waals surface area contributed by atoms with Gasteiger partial charge in [-0.1, -0.05) is 30.3 Å². The van der Waals surface area contributed by atoms with Crippen LogP contribution >= 0.6 is 0 Å². The van der Waals surface area contributed by atoms with Crippen molar-refractivity contribution in [1.82, 2.24) is 0 Å². The highest BCUT2D eigenvalue weighted by Gasteiger charge is 2.25. The summed E-state index contributed by atoms with van der Waals surface area (Å²) < 4.78 is 10.8. The smallest absolute Gasteiger partial charge is 0.0636 e. The summed E-state index contributed by atoms with van der Waals surface area (Å²) in [5.41, 5.74) is 1.27. The Bertz CT molecular complexity index is 261. The molecule has 2 heteroatoms. The lowest BCUT2D eigenvalue weighted by atomic mass is 9.89. The molecule has 0 bridgehead atoms. The summed E-state index contributed by atoms with van der Waals surface area (Å²) in [6.07, 6.45) is 0.310. The van der Waals surface area contributed by atoms with Crippen LogP contribution in [-0.2, 0) is 9.47 Å². The zero-order valence-electron chi connectivity index (χ0n) is 9.94. The molecule has 0 aliphatic heterocycles. The molecule has 0 aliphatic carbocycles. The van der Waals surface area contributed by atoms with E-state index in [9.17, 15) is 0 Å². The van der Waals surface area contributed by atoms with Crippen LogP contribution < -0.4 is 0 Å². The quantitative estimate of drug-likeness (QED) is 0.740. The summed E-state index contributed by atoms with van der Waals surface area (Å²) in [7, 11) is 3.48. The molecule has 1 aromatic rings. The lowest BCUT2D eigenvalue weighted by Gasteiger charge is -2.28. The standard InChI is InChI=1S/C13H20O2/c1-10(14-3)13(11(2)15-4)12-8-6-5-7-9-12/h5-11,13H,1-4H3/t10-,11-/m1/s1. The minimum atomic E-state index is 0.155. The van der Waals surface area contributed by atoms with Crippen molar-refractivity contribution in [3.8, 4) is 0 Å². The van der Waals surface area contributed by atoms with Crippen molar-refractivity contribution in [1.29, 1.82) is 0 Å². The Morgan fingerprint density at radius 1 is 0.867 bits per heavy atom. The third-order valence-electron chi connectivity index (χ3n) is 2.94. The summed E-state index contributed by atoms with van der Waals surface area (Å²) in [6.45, 7) is 4.15. The molecular formula is C13H20O2. The van der Waals surface area contributed by atoms with Gasteiger partial charge in [0.15, 0.2) is 0 Å². The Balaban J connectivity index is 2.91. The maximum atomic E-state index is 5.41. The van der Waals surface area contributed by atoms with Gasteiger partial charge in [-0.3, -0.25) is 0 Å². The van der Waals surface area contributed by atoms with Crippen LogP contribution in [0.1, 0.15) is 25.3 Å². The summed E-state index contributed by atoms with van der Waals surface area (Å²) in [4.78, 5) is 0. The Morgan fingerprint density at radius 3 is 1.73 bits per heavy atom. The number of hydrogen-bond donors (Lipinski definition) is 0. The van der Waals surface area contributed by atoms with Crippen LogP contribution in [0.5, 0.6) is 0 Å². The number of ether oxygens (including phenoxy) is 2. The first kappa shape index (κ1) is 12.2. The van der Waals surface area contributed by atoms with E-state index in [1.807, 2.05) is 18.2 Å². The molecule has 0 heterocycles. The SMILES string of the molecule is CO[C@H](C)C(c1ccccc1)[C@@H](C)OC. The monoisotopic (exact) mass is 208 g/mol. The fourth-order valence-electron chi connectivity index (χ4n) is 1.89. The highest BCUT2D eigenvalue weighted by Crippen LogP contribution is 2.26. The van der Waals surface area contributed by atoms with Crippen LogP contribution in [-0.4, -0.2) is 26.4 Å². The van der Waals surface area contributed by atoms with E-state index in [0.717, 1.165) is 0 Å². The molecule has 2 nitrogen and oxygen atoms in total.